The van der Waals surface area contributed by atoms with Gasteiger partial charge in [0.1, 0.15) is 6.10 Å². The fraction of sp³-hybridized carbons (Fsp3) is 0.636. The zero-order valence-electron chi connectivity index (χ0n) is 10.2. The second kappa shape index (κ2) is 5.46. The molecule has 4 atom stereocenters. The van der Waals surface area contributed by atoms with Crippen LogP contribution in [0.5, 0.6) is 0 Å². The van der Waals surface area contributed by atoms with E-state index in [4.69, 9.17) is 21.4 Å². The SMILES string of the molecule is Cc1cn([C@@H]2O[C@H](CO)[C@H](O)CC2Cl)c(=O)[nH]c1=O. The molecule has 1 unspecified atom stereocenters. The van der Waals surface area contributed by atoms with Crippen molar-refractivity contribution in [3.05, 3.63) is 32.6 Å². The highest BCUT2D eigenvalue weighted by Gasteiger charge is 2.37. The minimum Gasteiger partial charge on any atom is -0.394 e. The summed E-state index contributed by atoms with van der Waals surface area (Å²) in [5.41, 5.74) is -0.764. The molecule has 8 heteroatoms. The molecular formula is C11H15ClN2O5. The number of ether oxygens (including phenoxy) is 1. The van der Waals surface area contributed by atoms with Crippen LogP contribution in [-0.2, 0) is 4.74 Å². The summed E-state index contributed by atoms with van der Waals surface area (Å²) in [6.07, 6.45) is -0.997. The Morgan fingerprint density at radius 3 is 2.89 bits per heavy atom. The van der Waals surface area contributed by atoms with Crippen LogP contribution in [-0.4, -0.2) is 44.0 Å². The van der Waals surface area contributed by atoms with Crippen molar-refractivity contribution in [1.29, 1.82) is 0 Å². The van der Waals surface area contributed by atoms with E-state index in [9.17, 15) is 14.7 Å². The lowest BCUT2D eigenvalue weighted by Crippen LogP contribution is -2.48. The lowest BCUT2D eigenvalue weighted by molar-refractivity contribution is -0.158. The molecule has 106 valence electrons. The van der Waals surface area contributed by atoms with Gasteiger partial charge in [-0.3, -0.25) is 14.3 Å². The number of nitrogens with one attached hydrogen (secondary N) is 1. The van der Waals surface area contributed by atoms with Crippen molar-refractivity contribution in [2.75, 3.05) is 6.61 Å². The van der Waals surface area contributed by atoms with Gasteiger partial charge in [-0.15, -0.1) is 11.6 Å². The molecule has 1 fully saturated rings. The van der Waals surface area contributed by atoms with Crippen molar-refractivity contribution in [2.24, 2.45) is 0 Å². The monoisotopic (exact) mass is 290 g/mol. The van der Waals surface area contributed by atoms with Gasteiger partial charge in [0, 0.05) is 11.8 Å². The maximum Gasteiger partial charge on any atom is 0.330 e. The van der Waals surface area contributed by atoms with Crippen LogP contribution in [0.2, 0.25) is 0 Å². The third-order valence-electron chi connectivity index (χ3n) is 3.12. The van der Waals surface area contributed by atoms with E-state index < -0.39 is 35.1 Å². The smallest absolute Gasteiger partial charge is 0.330 e. The molecule has 0 amide bonds. The van der Waals surface area contributed by atoms with Gasteiger partial charge in [-0.2, -0.15) is 0 Å². The number of aryl methyl sites for hydroxylation is 1. The Bertz CT molecular complexity index is 569. The molecule has 7 nitrogen and oxygen atoms in total. The van der Waals surface area contributed by atoms with E-state index in [2.05, 4.69) is 4.98 Å². The van der Waals surface area contributed by atoms with Crippen molar-refractivity contribution >= 4 is 11.6 Å². The van der Waals surface area contributed by atoms with E-state index in [0.29, 0.717) is 5.56 Å². The number of alkyl halides is 1. The second-order valence-electron chi connectivity index (χ2n) is 4.55. The first kappa shape index (κ1) is 14.3. The predicted molar refractivity (Wildman–Crippen MR) is 67.3 cm³/mol. The number of nitrogens with zero attached hydrogens (tertiary/aromatic N) is 1. The fourth-order valence-electron chi connectivity index (χ4n) is 2.03. The van der Waals surface area contributed by atoms with E-state index >= 15 is 0 Å². The van der Waals surface area contributed by atoms with E-state index in [1.807, 2.05) is 0 Å². The minimum absolute atomic E-state index is 0.183. The maximum absolute atomic E-state index is 11.8. The molecule has 0 aromatic carbocycles. The third-order valence-corrected chi connectivity index (χ3v) is 3.51. The van der Waals surface area contributed by atoms with E-state index in [0.717, 1.165) is 0 Å². The highest BCUT2D eigenvalue weighted by atomic mass is 35.5. The number of halogens is 1. The first-order chi connectivity index (χ1) is 8.93. The van der Waals surface area contributed by atoms with Crippen LogP contribution in [0.25, 0.3) is 0 Å². The summed E-state index contributed by atoms with van der Waals surface area (Å²) in [6.45, 7) is 1.18. The number of aromatic amines is 1. The minimum atomic E-state index is -0.886. The van der Waals surface area contributed by atoms with Gasteiger partial charge in [0.25, 0.3) is 5.56 Å². The van der Waals surface area contributed by atoms with Crippen molar-refractivity contribution in [2.45, 2.75) is 37.2 Å². The standard InChI is InChI=1S/C11H15ClN2O5/c1-5-3-14(11(18)13-9(5)17)10-6(12)2-7(16)8(4-15)19-10/h3,6-8,10,15-16H,2,4H2,1H3,(H,13,17,18)/t6?,7-,8-,10-/m1/s1. The van der Waals surface area contributed by atoms with Crippen LogP contribution < -0.4 is 11.2 Å². The van der Waals surface area contributed by atoms with Crippen molar-refractivity contribution in [3.8, 4) is 0 Å². The molecule has 0 saturated carbocycles. The van der Waals surface area contributed by atoms with Gasteiger partial charge >= 0.3 is 5.69 Å². The topological polar surface area (TPSA) is 105 Å². The third kappa shape index (κ3) is 2.74. The molecule has 1 aliphatic heterocycles. The lowest BCUT2D eigenvalue weighted by Gasteiger charge is -2.36. The molecule has 1 aromatic heterocycles. The zero-order chi connectivity index (χ0) is 14.2. The van der Waals surface area contributed by atoms with Crippen molar-refractivity contribution in [1.82, 2.24) is 9.55 Å². The van der Waals surface area contributed by atoms with Gasteiger partial charge in [-0.05, 0) is 13.3 Å². The first-order valence-corrected chi connectivity index (χ1v) is 6.28. The van der Waals surface area contributed by atoms with Crippen LogP contribution >= 0.6 is 11.6 Å². The van der Waals surface area contributed by atoms with E-state index in [1.54, 1.807) is 6.92 Å². The van der Waals surface area contributed by atoms with E-state index in [1.165, 1.54) is 10.8 Å². The number of aromatic nitrogens is 2. The number of H-pyrrole nitrogens is 1. The average molecular weight is 291 g/mol. The Morgan fingerprint density at radius 2 is 2.26 bits per heavy atom. The lowest BCUT2D eigenvalue weighted by atomic mass is 10.0. The quantitative estimate of drug-likeness (QED) is 0.612. The number of hydrogen-bond donors (Lipinski definition) is 3. The largest absolute Gasteiger partial charge is 0.394 e. The summed E-state index contributed by atoms with van der Waals surface area (Å²) in [5.74, 6) is 0. The molecule has 0 bridgehead atoms. The molecule has 0 spiro atoms. The Kier molecular flexibility index (Phi) is 4.10. The normalized spacial score (nSPS) is 31.4. The summed E-state index contributed by atoms with van der Waals surface area (Å²) in [5, 5.41) is 18.1. The summed E-state index contributed by atoms with van der Waals surface area (Å²) in [6, 6.07) is 0. The average Bonchev–Trinajstić information content (AvgIpc) is 2.35. The van der Waals surface area contributed by atoms with Crippen LogP contribution in [0.15, 0.2) is 15.8 Å². The molecule has 0 aliphatic carbocycles. The molecular weight excluding hydrogens is 276 g/mol. The predicted octanol–water partition coefficient (Wildman–Crippen LogP) is -0.907. The molecule has 2 heterocycles. The van der Waals surface area contributed by atoms with Gasteiger partial charge in [0.05, 0.1) is 18.1 Å². The Hall–Kier alpha value is -1.15. The molecule has 2 rings (SSSR count). The Morgan fingerprint density at radius 1 is 1.58 bits per heavy atom. The van der Waals surface area contributed by atoms with Crippen molar-refractivity contribution < 1.29 is 14.9 Å². The first-order valence-electron chi connectivity index (χ1n) is 5.84. The summed E-state index contributed by atoms with van der Waals surface area (Å²) >= 11 is 6.08. The fourth-order valence-corrected chi connectivity index (χ4v) is 2.40. The van der Waals surface area contributed by atoms with Gasteiger partial charge in [-0.25, -0.2) is 4.79 Å². The zero-order valence-corrected chi connectivity index (χ0v) is 11.0. The number of rotatable bonds is 2. The summed E-state index contributed by atoms with van der Waals surface area (Å²) in [4.78, 5) is 25.2. The number of aliphatic hydroxyl groups is 2. The Balaban J connectivity index is 2.38. The highest BCUT2D eigenvalue weighted by molar-refractivity contribution is 6.20. The van der Waals surface area contributed by atoms with Gasteiger partial charge in [-0.1, -0.05) is 0 Å². The van der Waals surface area contributed by atoms with Crippen LogP contribution in [0.3, 0.4) is 0 Å². The molecule has 1 saturated heterocycles. The van der Waals surface area contributed by atoms with Crippen LogP contribution in [0.1, 0.15) is 18.2 Å². The molecule has 0 radical (unpaired) electrons. The molecule has 3 N–H and O–H groups in total. The van der Waals surface area contributed by atoms with Gasteiger partial charge in [0.2, 0.25) is 0 Å². The number of hydrogen-bond acceptors (Lipinski definition) is 5. The van der Waals surface area contributed by atoms with Crippen molar-refractivity contribution in [3.63, 3.8) is 0 Å². The van der Waals surface area contributed by atoms with Crippen LogP contribution in [0.4, 0.5) is 0 Å². The van der Waals surface area contributed by atoms with Gasteiger partial charge < -0.3 is 14.9 Å². The van der Waals surface area contributed by atoms with E-state index in [-0.39, 0.29) is 13.0 Å². The molecule has 1 aliphatic rings. The van der Waals surface area contributed by atoms with Gasteiger partial charge in [0.15, 0.2) is 6.23 Å². The summed E-state index contributed by atoms with van der Waals surface area (Å²) < 4.78 is 6.60. The molecule has 19 heavy (non-hydrogen) atoms. The maximum atomic E-state index is 11.8. The highest BCUT2D eigenvalue weighted by Crippen LogP contribution is 2.30. The number of aliphatic hydroxyl groups excluding tert-OH is 2. The molecule has 1 aromatic rings. The second-order valence-corrected chi connectivity index (χ2v) is 5.11. The summed E-state index contributed by atoms with van der Waals surface area (Å²) in [7, 11) is 0. The van der Waals surface area contributed by atoms with Crippen LogP contribution in [0, 0.1) is 6.92 Å². The Labute approximate surface area is 113 Å².